The highest BCUT2D eigenvalue weighted by Gasteiger charge is 2.32. The lowest BCUT2D eigenvalue weighted by Crippen LogP contribution is -2.34. The molecule has 4 heteroatoms. The van der Waals surface area contributed by atoms with E-state index in [-0.39, 0.29) is 6.61 Å². The minimum absolute atomic E-state index is 0.157. The van der Waals surface area contributed by atoms with E-state index in [1.165, 1.54) is 11.1 Å². The molecule has 0 saturated carbocycles. The zero-order valence-electron chi connectivity index (χ0n) is 11.5. The number of benzene rings is 1. The Hall–Kier alpha value is -0.550. The predicted octanol–water partition coefficient (Wildman–Crippen LogP) is 1.91. The van der Waals surface area contributed by atoms with Crippen LogP contribution in [0.1, 0.15) is 36.4 Å². The molecule has 0 saturated heterocycles. The highest BCUT2D eigenvalue weighted by atomic mass is 32.2. The van der Waals surface area contributed by atoms with Gasteiger partial charge in [-0.25, -0.2) is 0 Å². The second-order valence-electron chi connectivity index (χ2n) is 5.24. The zero-order valence-corrected chi connectivity index (χ0v) is 12.4. The van der Waals surface area contributed by atoms with Crippen molar-refractivity contribution in [2.45, 2.75) is 36.7 Å². The van der Waals surface area contributed by atoms with Crippen LogP contribution in [0.15, 0.2) is 24.3 Å². The predicted molar refractivity (Wildman–Crippen MR) is 80.6 cm³/mol. The molecule has 3 nitrogen and oxygen atoms in total. The van der Waals surface area contributed by atoms with Crippen LogP contribution in [0.3, 0.4) is 0 Å². The van der Waals surface area contributed by atoms with Gasteiger partial charge in [-0.15, -0.1) is 0 Å². The fourth-order valence-corrected chi connectivity index (χ4v) is 4.32. The molecule has 3 N–H and O–H groups in total. The van der Waals surface area contributed by atoms with Gasteiger partial charge in [0.05, 0.1) is 12.7 Å². The first-order valence-corrected chi connectivity index (χ1v) is 7.88. The van der Waals surface area contributed by atoms with E-state index in [1.807, 2.05) is 7.05 Å². The highest BCUT2D eigenvalue weighted by Crippen LogP contribution is 2.42. The van der Waals surface area contributed by atoms with Crippen molar-refractivity contribution in [3.8, 4) is 0 Å². The second kappa shape index (κ2) is 6.75. The van der Waals surface area contributed by atoms with Crippen LogP contribution in [0, 0.1) is 0 Å². The molecule has 0 heterocycles. The molecule has 1 aliphatic carbocycles. The number of fused-ring (bicyclic) bond motifs is 1. The van der Waals surface area contributed by atoms with Crippen molar-refractivity contribution >= 4 is 11.8 Å². The fourth-order valence-electron chi connectivity index (χ4n) is 2.85. The normalized spacial score (nSPS) is 27.9. The van der Waals surface area contributed by atoms with Crippen LogP contribution in [0.5, 0.6) is 0 Å². The molecule has 106 valence electrons. The zero-order chi connectivity index (χ0) is 13.8. The maximum absolute atomic E-state index is 9.52. The molecular weight excluding hydrogens is 258 g/mol. The van der Waals surface area contributed by atoms with Crippen molar-refractivity contribution in [1.29, 1.82) is 0 Å². The van der Waals surface area contributed by atoms with E-state index in [9.17, 15) is 5.11 Å². The molecule has 0 amide bonds. The van der Waals surface area contributed by atoms with Gasteiger partial charge in [-0.3, -0.25) is 0 Å². The van der Waals surface area contributed by atoms with Crippen LogP contribution in [-0.4, -0.2) is 41.0 Å². The molecule has 4 atom stereocenters. The van der Waals surface area contributed by atoms with Crippen LogP contribution < -0.4 is 5.32 Å². The van der Waals surface area contributed by atoms with E-state index in [0.717, 1.165) is 6.42 Å². The molecule has 19 heavy (non-hydrogen) atoms. The molecule has 2 rings (SSSR count). The maximum atomic E-state index is 9.52. The monoisotopic (exact) mass is 281 g/mol. The summed E-state index contributed by atoms with van der Waals surface area (Å²) in [7, 11) is 1.99. The van der Waals surface area contributed by atoms with E-state index >= 15 is 0 Å². The van der Waals surface area contributed by atoms with Gasteiger partial charge in [-0.05, 0) is 30.5 Å². The molecule has 0 aromatic heterocycles. The minimum atomic E-state index is -0.616. The van der Waals surface area contributed by atoms with Crippen molar-refractivity contribution in [3.63, 3.8) is 0 Å². The van der Waals surface area contributed by atoms with Crippen LogP contribution in [0.2, 0.25) is 0 Å². The van der Waals surface area contributed by atoms with Gasteiger partial charge in [-0.2, -0.15) is 11.8 Å². The molecule has 0 bridgehead atoms. The van der Waals surface area contributed by atoms with Crippen LogP contribution >= 0.6 is 11.8 Å². The van der Waals surface area contributed by atoms with Crippen molar-refractivity contribution < 1.29 is 10.2 Å². The molecule has 0 aliphatic heterocycles. The smallest absolute Gasteiger partial charge is 0.0861 e. The Morgan fingerprint density at radius 3 is 2.68 bits per heavy atom. The number of hydrogen-bond acceptors (Lipinski definition) is 4. The van der Waals surface area contributed by atoms with Crippen LogP contribution in [-0.2, 0) is 0 Å². The van der Waals surface area contributed by atoms with Gasteiger partial charge in [0.2, 0.25) is 0 Å². The summed E-state index contributed by atoms with van der Waals surface area (Å²) in [6, 6.07) is 8.93. The van der Waals surface area contributed by atoms with Gasteiger partial charge >= 0.3 is 0 Å². The summed E-state index contributed by atoms with van der Waals surface area (Å²) in [5.74, 6) is 1.14. The number of thioether (sulfide) groups is 1. The van der Waals surface area contributed by atoms with Crippen molar-refractivity contribution in [3.05, 3.63) is 35.4 Å². The molecular formula is C15H23NO2S. The van der Waals surface area contributed by atoms with Gasteiger partial charge in [0.15, 0.2) is 0 Å². The Labute approximate surface area is 119 Å². The van der Waals surface area contributed by atoms with Gasteiger partial charge < -0.3 is 15.5 Å². The van der Waals surface area contributed by atoms with E-state index < -0.39 is 6.10 Å². The van der Waals surface area contributed by atoms with Gasteiger partial charge in [-0.1, -0.05) is 31.2 Å². The summed E-state index contributed by atoms with van der Waals surface area (Å²) < 4.78 is 0. The van der Waals surface area contributed by atoms with Gasteiger partial charge in [0, 0.05) is 17.0 Å². The van der Waals surface area contributed by atoms with E-state index in [2.05, 4.69) is 36.5 Å². The standard InChI is InChI=1S/C15H23NO2S/c1-10-7-14(19-9-11(18)8-17)15(16-2)13-6-4-3-5-12(10)13/h3-6,10-11,14-18H,7-9H2,1-2H3. The largest absolute Gasteiger partial charge is 0.394 e. The summed E-state index contributed by atoms with van der Waals surface area (Å²) in [5.41, 5.74) is 2.81. The molecule has 0 spiro atoms. The van der Waals surface area contributed by atoms with E-state index in [0.29, 0.717) is 23.0 Å². The minimum Gasteiger partial charge on any atom is -0.394 e. The first-order chi connectivity index (χ1) is 9.17. The Morgan fingerprint density at radius 2 is 2.05 bits per heavy atom. The van der Waals surface area contributed by atoms with E-state index in [1.54, 1.807) is 11.8 Å². The number of aliphatic hydroxyl groups is 2. The Kier molecular flexibility index (Phi) is 5.28. The third-order valence-electron chi connectivity index (χ3n) is 3.84. The lowest BCUT2D eigenvalue weighted by atomic mass is 9.81. The SMILES string of the molecule is CNC1c2ccccc2C(C)CC1SCC(O)CO. The van der Waals surface area contributed by atoms with Crippen LogP contribution in [0.25, 0.3) is 0 Å². The molecule has 1 aliphatic rings. The average Bonchev–Trinajstić information content (AvgIpc) is 2.45. The Morgan fingerprint density at radius 1 is 1.37 bits per heavy atom. The molecule has 0 radical (unpaired) electrons. The maximum Gasteiger partial charge on any atom is 0.0861 e. The molecule has 0 fully saturated rings. The van der Waals surface area contributed by atoms with Crippen molar-refractivity contribution in [1.82, 2.24) is 5.32 Å². The first kappa shape index (κ1) is 14.9. The molecule has 4 unspecified atom stereocenters. The number of hydrogen-bond donors (Lipinski definition) is 3. The molecule has 1 aromatic carbocycles. The summed E-state index contributed by atoms with van der Waals surface area (Å²) in [6.45, 7) is 2.11. The number of aliphatic hydroxyl groups excluding tert-OH is 2. The molecule has 1 aromatic rings. The quantitative estimate of drug-likeness (QED) is 0.772. The Balaban J connectivity index is 2.14. The van der Waals surface area contributed by atoms with Crippen molar-refractivity contribution in [2.24, 2.45) is 0 Å². The Bertz CT molecular complexity index is 413. The highest BCUT2D eigenvalue weighted by molar-refractivity contribution is 8.00. The summed E-state index contributed by atoms with van der Waals surface area (Å²) >= 11 is 1.76. The average molecular weight is 281 g/mol. The van der Waals surface area contributed by atoms with Crippen LogP contribution in [0.4, 0.5) is 0 Å². The second-order valence-corrected chi connectivity index (χ2v) is 6.51. The lowest BCUT2D eigenvalue weighted by Gasteiger charge is -2.36. The number of rotatable bonds is 5. The lowest BCUT2D eigenvalue weighted by molar-refractivity contribution is 0.113. The van der Waals surface area contributed by atoms with Crippen molar-refractivity contribution in [2.75, 3.05) is 19.4 Å². The first-order valence-electron chi connectivity index (χ1n) is 6.84. The summed E-state index contributed by atoms with van der Waals surface area (Å²) in [6.07, 6.45) is 0.487. The third-order valence-corrected chi connectivity index (χ3v) is 5.31. The van der Waals surface area contributed by atoms with Gasteiger partial charge in [0.25, 0.3) is 0 Å². The third kappa shape index (κ3) is 3.31. The van der Waals surface area contributed by atoms with E-state index in [4.69, 9.17) is 5.11 Å². The van der Waals surface area contributed by atoms with Gasteiger partial charge in [0.1, 0.15) is 0 Å². The number of nitrogens with one attached hydrogen (secondary N) is 1. The summed E-state index contributed by atoms with van der Waals surface area (Å²) in [4.78, 5) is 0. The topological polar surface area (TPSA) is 52.5 Å². The summed E-state index contributed by atoms with van der Waals surface area (Å²) in [5, 5.41) is 22.3. The fraction of sp³-hybridized carbons (Fsp3) is 0.600.